The minimum Gasteiger partial charge on any atom is -0.381 e. The van der Waals surface area contributed by atoms with Crippen LogP contribution in [0.4, 0.5) is 0 Å². The second-order valence-corrected chi connectivity index (χ2v) is 6.10. The molecule has 1 unspecified atom stereocenters. The molecule has 1 atom stereocenters. The fraction of sp³-hybridized carbons (Fsp3) is 1.00. The second-order valence-electron chi connectivity index (χ2n) is 3.91. The zero-order valence-electron chi connectivity index (χ0n) is 9.95. The van der Waals surface area contributed by atoms with E-state index in [1.165, 1.54) is 6.26 Å². The van der Waals surface area contributed by atoms with Gasteiger partial charge in [-0.15, -0.1) is 0 Å². The average Bonchev–Trinajstić information content (AvgIpc) is 2.08. The van der Waals surface area contributed by atoms with Crippen molar-refractivity contribution in [1.82, 2.24) is 5.32 Å². The zero-order valence-corrected chi connectivity index (χ0v) is 10.8. The van der Waals surface area contributed by atoms with Crippen molar-refractivity contribution in [2.75, 3.05) is 31.8 Å². The maximum absolute atomic E-state index is 11.0. The Kier molecular flexibility index (Phi) is 8.00. The van der Waals surface area contributed by atoms with Crippen LogP contribution in [0.5, 0.6) is 0 Å². The SMILES string of the molecule is CCCOCCCNC(C)CS(C)(=O)=O. The van der Waals surface area contributed by atoms with Gasteiger partial charge in [0.15, 0.2) is 0 Å². The predicted octanol–water partition coefficient (Wildman–Crippen LogP) is 0.826. The molecule has 0 aromatic rings. The van der Waals surface area contributed by atoms with Gasteiger partial charge in [0.25, 0.3) is 0 Å². The average molecular weight is 237 g/mol. The molecule has 0 heterocycles. The van der Waals surface area contributed by atoms with E-state index in [-0.39, 0.29) is 11.8 Å². The molecule has 4 nitrogen and oxygen atoms in total. The summed E-state index contributed by atoms with van der Waals surface area (Å²) in [7, 11) is -2.87. The number of ether oxygens (including phenoxy) is 1. The van der Waals surface area contributed by atoms with Gasteiger partial charge in [0.2, 0.25) is 0 Å². The van der Waals surface area contributed by atoms with Crippen LogP contribution >= 0.6 is 0 Å². The van der Waals surface area contributed by atoms with Gasteiger partial charge in [0.1, 0.15) is 9.84 Å². The zero-order chi connectivity index (χ0) is 11.7. The lowest BCUT2D eigenvalue weighted by molar-refractivity contribution is 0.132. The van der Waals surface area contributed by atoms with Gasteiger partial charge < -0.3 is 10.1 Å². The molecule has 0 aliphatic rings. The molecule has 5 heteroatoms. The molecule has 0 aliphatic heterocycles. The summed E-state index contributed by atoms with van der Waals surface area (Å²) in [6.45, 7) is 6.31. The Morgan fingerprint density at radius 3 is 2.53 bits per heavy atom. The number of hydrogen-bond acceptors (Lipinski definition) is 4. The van der Waals surface area contributed by atoms with Crippen LogP contribution < -0.4 is 5.32 Å². The van der Waals surface area contributed by atoms with Gasteiger partial charge in [0.05, 0.1) is 5.75 Å². The molecule has 15 heavy (non-hydrogen) atoms. The quantitative estimate of drug-likeness (QED) is 0.603. The van der Waals surface area contributed by atoms with E-state index in [1.54, 1.807) is 0 Å². The molecule has 0 fully saturated rings. The second kappa shape index (κ2) is 8.07. The fourth-order valence-corrected chi connectivity index (χ4v) is 2.31. The first kappa shape index (κ1) is 14.9. The lowest BCUT2D eigenvalue weighted by Crippen LogP contribution is -2.33. The molecule has 0 aromatic carbocycles. The van der Waals surface area contributed by atoms with E-state index < -0.39 is 9.84 Å². The third-order valence-corrected chi connectivity index (χ3v) is 2.96. The highest BCUT2D eigenvalue weighted by Crippen LogP contribution is 1.91. The summed E-state index contributed by atoms with van der Waals surface area (Å²) in [5.41, 5.74) is 0. The summed E-state index contributed by atoms with van der Waals surface area (Å²) in [5.74, 6) is 0.197. The van der Waals surface area contributed by atoms with Crippen LogP contribution in [0.25, 0.3) is 0 Å². The van der Waals surface area contributed by atoms with E-state index in [4.69, 9.17) is 4.74 Å². The van der Waals surface area contributed by atoms with Crippen molar-refractivity contribution in [3.63, 3.8) is 0 Å². The first-order valence-electron chi connectivity index (χ1n) is 5.44. The highest BCUT2D eigenvalue weighted by Gasteiger charge is 2.08. The molecule has 1 N–H and O–H groups in total. The number of nitrogens with one attached hydrogen (secondary N) is 1. The summed E-state index contributed by atoms with van der Waals surface area (Å²) in [6, 6.07) is 0.0196. The van der Waals surface area contributed by atoms with Crippen LogP contribution in [-0.2, 0) is 14.6 Å². The highest BCUT2D eigenvalue weighted by atomic mass is 32.2. The van der Waals surface area contributed by atoms with Gasteiger partial charge in [-0.3, -0.25) is 0 Å². The van der Waals surface area contributed by atoms with Gasteiger partial charge in [-0.1, -0.05) is 6.92 Å². The van der Waals surface area contributed by atoms with E-state index in [0.717, 1.165) is 32.6 Å². The fourth-order valence-electron chi connectivity index (χ4n) is 1.28. The largest absolute Gasteiger partial charge is 0.381 e. The summed E-state index contributed by atoms with van der Waals surface area (Å²) < 4.78 is 27.2. The number of sulfone groups is 1. The number of rotatable bonds is 9. The minimum absolute atomic E-state index is 0.0196. The Labute approximate surface area is 93.3 Å². The predicted molar refractivity (Wildman–Crippen MR) is 62.9 cm³/mol. The van der Waals surface area contributed by atoms with Crippen LogP contribution in [0.2, 0.25) is 0 Å². The Bertz CT molecular complexity index is 239. The molecule has 0 spiro atoms. The third-order valence-electron chi connectivity index (χ3n) is 1.86. The minimum atomic E-state index is -2.87. The van der Waals surface area contributed by atoms with Crippen molar-refractivity contribution in [2.24, 2.45) is 0 Å². The van der Waals surface area contributed by atoms with Crippen molar-refractivity contribution in [2.45, 2.75) is 32.7 Å². The van der Waals surface area contributed by atoms with E-state index >= 15 is 0 Å². The van der Waals surface area contributed by atoms with Crippen LogP contribution in [-0.4, -0.2) is 46.2 Å². The molecule has 0 aliphatic carbocycles. The molecule has 0 radical (unpaired) electrons. The molecular formula is C10H23NO3S. The van der Waals surface area contributed by atoms with Crippen molar-refractivity contribution < 1.29 is 13.2 Å². The maximum atomic E-state index is 11.0. The van der Waals surface area contributed by atoms with Gasteiger partial charge in [-0.05, 0) is 26.3 Å². The maximum Gasteiger partial charge on any atom is 0.148 e. The van der Waals surface area contributed by atoms with Crippen LogP contribution in [0.1, 0.15) is 26.7 Å². The van der Waals surface area contributed by atoms with Gasteiger partial charge in [0, 0.05) is 25.5 Å². The smallest absolute Gasteiger partial charge is 0.148 e. The van der Waals surface area contributed by atoms with E-state index in [0.29, 0.717) is 0 Å². The normalized spacial score (nSPS) is 14.1. The molecular weight excluding hydrogens is 214 g/mol. The molecule has 0 saturated heterocycles. The third kappa shape index (κ3) is 11.8. The molecule has 92 valence electrons. The molecule has 0 aromatic heterocycles. The van der Waals surface area contributed by atoms with Crippen molar-refractivity contribution in [3.8, 4) is 0 Å². The Hall–Kier alpha value is -0.130. The molecule has 0 rings (SSSR count). The topological polar surface area (TPSA) is 55.4 Å². The summed E-state index contributed by atoms with van der Waals surface area (Å²) in [6.07, 6.45) is 3.22. The van der Waals surface area contributed by atoms with Gasteiger partial charge >= 0.3 is 0 Å². The Morgan fingerprint density at radius 1 is 1.33 bits per heavy atom. The first-order chi connectivity index (χ1) is 6.95. The summed E-state index contributed by atoms with van der Waals surface area (Å²) in [5, 5.41) is 3.16. The lowest BCUT2D eigenvalue weighted by atomic mass is 10.3. The highest BCUT2D eigenvalue weighted by molar-refractivity contribution is 7.90. The first-order valence-corrected chi connectivity index (χ1v) is 7.50. The van der Waals surface area contributed by atoms with E-state index in [9.17, 15) is 8.42 Å². The summed E-state index contributed by atoms with van der Waals surface area (Å²) >= 11 is 0. The van der Waals surface area contributed by atoms with Crippen molar-refractivity contribution >= 4 is 9.84 Å². The van der Waals surface area contributed by atoms with Crippen LogP contribution in [0, 0.1) is 0 Å². The Balaban J connectivity index is 3.36. The lowest BCUT2D eigenvalue weighted by Gasteiger charge is -2.12. The molecule has 0 bridgehead atoms. The van der Waals surface area contributed by atoms with Crippen molar-refractivity contribution in [3.05, 3.63) is 0 Å². The van der Waals surface area contributed by atoms with Gasteiger partial charge in [-0.25, -0.2) is 8.42 Å². The summed E-state index contributed by atoms with van der Waals surface area (Å²) in [4.78, 5) is 0. The Morgan fingerprint density at radius 2 is 2.00 bits per heavy atom. The molecule has 0 saturated carbocycles. The molecule has 0 amide bonds. The van der Waals surface area contributed by atoms with Crippen LogP contribution in [0.15, 0.2) is 0 Å². The standard InChI is InChI=1S/C10H23NO3S/c1-4-7-14-8-5-6-11-10(2)9-15(3,12)13/h10-11H,4-9H2,1-3H3. The van der Waals surface area contributed by atoms with Gasteiger partial charge in [-0.2, -0.15) is 0 Å². The van der Waals surface area contributed by atoms with E-state index in [1.807, 2.05) is 6.92 Å². The van der Waals surface area contributed by atoms with Crippen LogP contribution in [0.3, 0.4) is 0 Å². The van der Waals surface area contributed by atoms with E-state index in [2.05, 4.69) is 12.2 Å². The van der Waals surface area contributed by atoms with Crippen molar-refractivity contribution in [1.29, 1.82) is 0 Å². The number of hydrogen-bond donors (Lipinski definition) is 1. The monoisotopic (exact) mass is 237 g/mol.